The molecule has 2 aromatic heterocycles. The summed E-state index contributed by atoms with van der Waals surface area (Å²) in [6.07, 6.45) is 1.72. The third-order valence-corrected chi connectivity index (χ3v) is 4.34. The molecule has 1 aromatic carbocycles. The molecule has 0 saturated carbocycles. The summed E-state index contributed by atoms with van der Waals surface area (Å²) in [4.78, 5) is 5.36. The number of hydrogen-bond acceptors (Lipinski definition) is 3. The molecule has 0 atom stereocenters. The SMILES string of the molecule is Oc1c(Br)c2cccnc2n1Sc1ccccc1. The van der Waals surface area contributed by atoms with Crippen molar-refractivity contribution in [3.8, 4) is 5.88 Å². The molecule has 3 rings (SSSR count). The van der Waals surface area contributed by atoms with Gasteiger partial charge in [-0.2, -0.15) is 0 Å². The van der Waals surface area contributed by atoms with Gasteiger partial charge in [0.2, 0.25) is 5.88 Å². The molecule has 2 heterocycles. The Morgan fingerprint density at radius 3 is 2.67 bits per heavy atom. The molecule has 0 amide bonds. The van der Waals surface area contributed by atoms with E-state index in [1.165, 1.54) is 11.9 Å². The van der Waals surface area contributed by atoms with Gasteiger partial charge in [0.1, 0.15) is 0 Å². The van der Waals surface area contributed by atoms with Crippen molar-refractivity contribution in [3.05, 3.63) is 53.1 Å². The Morgan fingerprint density at radius 2 is 1.89 bits per heavy atom. The highest BCUT2D eigenvalue weighted by Crippen LogP contribution is 2.39. The summed E-state index contributed by atoms with van der Waals surface area (Å²) in [5.74, 6) is 0.178. The van der Waals surface area contributed by atoms with Crippen LogP contribution in [-0.2, 0) is 0 Å². The zero-order chi connectivity index (χ0) is 12.5. The molecule has 0 saturated heterocycles. The molecular weight excluding hydrogens is 312 g/mol. The maximum Gasteiger partial charge on any atom is 0.218 e. The van der Waals surface area contributed by atoms with Gasteiger partial charge >= 0.3 is 0 Å². The van der Waals surface area contributed by atoms with E-state index >= 15 is 0 Å². The van der Waals surface area contributed by atoms with Crippen LogP contribution in [0.25, 0.3) is 11.0 Å². The first kappa shape index (κ1) is 11.6. The minimum atomic E-state index is 0.178. The van der Waals surface area contributed by atoms with E-state index in [1.54, 1.807) is 10.2 Å². The normalized spacial score (nSPS) is 10.9. The molecule has 0 bridgehead atoms. The van der Waals surface area contributed by atoms with Gasteiger partial charge in [0.25, 0.3) is 0 Å². The minimum absolute atomic E-state index is 0.178. The first-order valence-electron chi connectivity index (χ1n) is 5.34. The van der Waals surface area contributed by atoms with Crippen molar-refractivity contribution in [2.75, 3.05) is 0 Å². The molecule has 0 radical (unpaired) electrons. The second-order valence-corrected chi connectivity index (χ2v) is 5.52. The maximum absolute atomic E-state index is 10.1. The first-order chi connectivity index (χ1) is 8.77. The molecule has 5 heteroatoms. The molecule has 0 unspecified atom stereocenters. The fourth-order valence-corrected chi connectivity index (χ4v) is 3.22. The van der Waals surface area contributed by atoms with E-state index in [-0.39, 0.29) is 5.88 Å². The predicted octanol–water partition coefficient (Wildman–Crippen LogP) is 4.06. The minimum Gasteiger partial charge on any atom is -0.493 e. The second-order valence-electron chi connectivity index (χ2n) is 3.71. The van der Waals surface area contributed by atoms with Crippen LogP contribution in [-0.4, -0.2) is 14.1 Å². The second kappa shape index (κ2) is 4.66. The van der Waals surface area contributed by atoms with Crippen LogP contribution in [0.2, 0.25) is 0 Å². The average Bonchev–Trinajstić information content (AvgIpc) is 2.66. The highest BCUT2D eigenvalue weighted by Gasteiger charge is 2.16. The third kappa shape index (κ3) is 1.89. The lowest BCUT2D eigenvalue weighted by Gasteiger charge is -2.04. The van der Waals surface area contributed by atoms with Crippen LogP contribution >= 0.6 is 27.9 Å². The van der Waals surface area contributed by atoms with Crippen molar-refractivity contribution in [2.45, 2.75) is 4.90 Å². The number of halogens is 1. The van der Waals surface area contributed by atoms with Crippen molar-refractivity contribution in [1.82, 2.24) is 8.96 Å². The molecule has 3 nitrogen and oxygen atoms in total. The van der Waals surface area contributed by atoms with Crippen LogP contribution in [0.4, 0.5) is 0 Å². The number of aromatic hydroxyl groups is 1. The molecular formula is C13H9BrN2OS. The largest absolute Gasteiger partial charge is 0.493 e. The highest BCUT2D eigenvalue weighted by molar-refractivity contribution is 9.10. The summed E-state index contributed by atoms with van der Waals surface area (Å²) in [6, 6.07) is 13.7. The lowest BCUT2D eigenvalue weighted by atomic mass is 10.3. The van der Waals surface area contributed by atoms with Gasteiger partial charge in [0, 0.05) is 16.5 Å². The van der Waals surface area contributed by atoms with Crippen LogP contribution < -0.4 is 0 Å². The number of nitrogens with zero attached hydrogens (tertiary/aromatic N) is 2. The quantitative estimate of drug-likeness (QED) is 0.773. The smallest absolute Gasteiger partial charge is 0.218 e. The Labute approximate surface area is 117 Å². The van der Waals surface area contributed by atoms with Crippen molar-refractivity contribution in [2.24, 2.45) is 0 Å². The van der Waals surface area contributed by atoms with Gasteiger partial charge in [-0.15, -0.1) is 0 Å². The number of pyridine rings is 1. The van der Waals surface area contributed by atoms with Crippen LogP contribution in [0.5, 0.6) is 5.88 Å². The van der Waals surface area contributed by atoms with E-state index in [4.69, 9.17) is 0 Å². The van der Waals surface area contributed by atoms with Crippen LogP contribution in [0, 0.1) is 0 Å². The van der Waals surface area contributed by atoms with Crippen LogP contribution in [0.3, 0.4) is 0 Å². The number of aromatic nitrogens is 2. The lowest BCUT2D eigenvalue weighted by molar-refractivity contribution is 0.450. The summed E-state index contributed by atoms with van der Waals surface area (Å²) in [6.45, 7) is 0. The molecule has 0 aliphatic rings. The number of benzene rings is 1. The van der Waals surface area contributed by atoms with Crippen LogP contribution in [0.15, 0.2) is 58.0 Å². The summed E-state index contributed by atoms with van der Waals surface area (Å²) in [5.41, 5.74) is 0.746. The van der Waals surface area contributed by atoms with Crippen molar-refractivity contribution in [1.29, 1.82) is 0 Å². The van der Waals surface area contributed by atoms with Crippen molar-refractivity contribution in [3.63, 3.8) is 0 Å². The van der Waals surface area contributed by atoms with Gasteiger partial charge in [-0.05, 0) is 52.1 Å². The van der Waals surface area contributed by atoms with Gasteiger partial charge < -0.3 is 5.11 Å². The lowest BCUT2D eigenvalue weighted by Crippen LogP contribution is -1.87. The van der Waals surface area contributed by atoms with E-state index in [2.05, 4.69) is 20.9 Å². The molecule has 0 spiro atoms. The van der Waals surface area contributed by atoms with E-state index in [1.807, 2.05) is 42.5 Å². The van der Waals surface area contributed by atoms with Gasteiger partial charge in [-0.25, -0.2) is 8.96 Å². The third-order valence-electron chi connectivity index (χ3n) is 2.54. The molecule has 90 valence electrons. The zero-order valence-electron chi connectivity index (χ0n) is 9.25. The van der Waals surface area contributed by atoms with E-state index in [9.17, 15) is 5.11 Å². The monoisotopic (exact) mass is 320 g/mol. The van der Waals surface area contributed by atoms with Crippen molar-refractivity contribution >= 4 is 38.9 Å². The Kier molecular flexibility index (Phi) is 3.01. The number of fused-ring (bicyclic) bond motifs is 1. The molecule has 1 N–H and O–H groups in total. The first-order valence-corrected chi connectivity index (χ1v) is 6.91. The van der Waals surface area contributed by atoms with Crippen LogP contribution in [0.1, 0.15) is 0 Å². The zero-order valence-corrected chi connectivity index (χ0v) is 11.6. The molecule has 0 fully saturated rings. The molecule has 0 aliphatic carbocycles. The number of rotatable bonds is 2. The average molecular weight is 321 g/mol. The summed E-state index contributed by atoms with van der Waals surface area (Å²) >= 11 is 4.83. The van der Waals surface area contributed by atoms with Crippen molar-refractivity contribution < 1.29 is 5.11 Å². The maximum atomic E-state index is 10.1. The molecule has 3 aromatic rings. The van der Waals surface area contributed by atoms with Gasteiger partial charge in [0.15, 0.2) is 5.65 Å². The fourth-order valence-electron chi connectivity index (χ4n) is 1.71. The summed E-state index contributed by atoms with van der Waals surface area (Å²) < 4.78 is 2.39. The van der Waals surface area contributed by atoms with E-state index in [0.717, 1.165) is 15.9 Å². The predicted molar refractivity (Wildman–Crippen MR) is 76.8 cm³/mol. The van der Waals surface area contributed by atoms with Gasteiger partial charge in [-0.1, -0.05) is 18.2 Å². The Balaban J connectivity index is 2.15. The number of hydrogen-bond donors (Lipinski definition) is 1. The van der Waals surface area contributed by atoms with Gasteiger partial charge in [0.05, 0.1) is 4.47 Å². The van der Waals surface area contributed by atoms with E-state index < -0.39 is 0 Å². The molecule has 18 heavy (non-hydrogen) atoms. The summed E-state index contributed by atoms with van der Waals surface area (Å²) in [7, 11) is 0. The Bertz CT molecular complexity index is 697. The molecule has 0 aliphatic heterocycles. The Morgan fingerprint density at radius 1 is 1.11 bits per heavy atom. The fraction of sp³-hybridized carbons (Fsp3) is 0. The van der Waals surface area contributed by atoms with E-state index in [0.29, 0.717) is 4.47 Å². The topological polar surface area (TPSA) is 38.1 Å². The standard InChI is InChI=1S/C13H9BrN2OS/c14-11-10-7-4-8-15-12(10)16(13(11)17)18-9-5-2-1-3-6-9/h1-8,17H. The van der Waals surface area contributed by atoms with Gasteiger partial charge in [-0.3, -0.25) is 0 Å². The summed E-state index contributed by atoms with van der Waals surface area (Å²) in [5, 5.41) is 11.0. The Hall–Kier alpha value is -1.46. The highest BCUT2D eigenvalue weighted by atomic mass is 79.9.